The molecule has 110 valence electrons. The van der Waals surface area contributed by atoms with Crippen LogP contribution in [0.3, 0.4) is 0 Å². The first kappa shape index (κ1) is 15.5. The number of nitrogens with one attached hydrogen (secondary N) is 2. The number of hydrogen-bond acceptors (Lipinski definition) is 4. The van der Waals surface area contributed by atoms with Gasteiger partial charge in [-0.2, -0.15) is 5.26 Å². The number of pyridine rings is 1. The van der Waals surface area contributed by atoms with E-state index >= 15 is 0 Å². The number of aryl methyl sites for hydroxylation is 1. The number of carbonyl (C=O) groups is 1. The van der Waals surface area contributed by atoms with E-state index in [1.165, 1.54) is 12.4 Å². The van der Waals surface area contributed by atoms with Crippen molar-refractivity contribution >= 4 is 29.0 Å². The van der Waals surface area contributed by atoms with E-state index in [4.69, 9.17) is 16.9 Å². The van der Waals surface area contributed by atoms with Crippen molar-refractivity contribution in [1.82, 2.24) is 4.98 Å². The molecule has 0 aliphatic carbocycles. The monoisotopic (exact) mass is 312 g/mol. The van der Waals surface area contributed by atoms with Crippen LogP contribution in [0.4, 0.5) is 11.5 Å². The smallest absolute Gasteiger partial charge is 0.267 e. The molecule has 0 aliphatic heterocycles. The molecule has 1 heterocycles. The highest BCUT2D eigenvalue weighted by Gasteiger charge is 2.09. The largest absolute Gasteiger partial charge is 0.345 e. The Labute approximate surface area is 133 Å². The predicted molar refractivity (Wildman–Crippen MR) is 86.4 cm³/mol. The van der Waals surface area contributed by atoms with E-state index in [9.17, 15) is 4.79 Å². The fraction of sp³-hybridized carbons (Fsp3) is 0.0625. The summed E-state index contributed by atoms with van der Waals surface area (Å²) in [5, 5.41) is 15.0. The zero-order chi connectivity index (χ0) is 15.9. The molecule has 2 N–H and O–H groups in total. The molecule has 2 aromatic rings. The number of aromatic nitrogens is 1. The van der Waals surface area contributed by atoms with E-state index in [0.717, 1.165) is 5.56 Å². The molecule has 6 heteroatoms. The molecule has 0 saturated carbocycles. The SMILES string of the molecule is Cc1ccc(NC(=O)/C(C#N)=C\Nc2ccc(Cl)cn2)cc1. The standard InChI is InChI=1S/C16H13ClN4O/c1-11-2-5-14(6-3-11)21-16(22)12(8-18)9-19-15-7-4-13(17)10-20-15/h2-7,9-10H,1H3,(H,19,20)(H,21,22)/b12-9-. The highest BCUT2D eigenvalue weighted by Crippen LogP contribution is 2.12. The molecule has 0 spiro atoms. The molecule has 5 nitrogen and oxygen atoms in total. The summed E-state index contributed by atoms with van der Waals surface area (Å²) in [4.78, 5) is 16.0. The summed E-state index contributed by atoms with van der Waals surface area (Å²) in [5.74, 6) is -0.00639. The van der Waals surface area contributed by atoms with E-state index in [0.29, 0.717) is 16.5 Å². The molecular formula is C16H13ClN4O. The van der Waals surface area contributed by atoms with Crippen LogP contribution in [0, 0.1) is 18.3 Å². The van der Waals surface area contributed by atoms with Crippen LogP contribution in [0.2, 0.25) is 5.02 Å². The predicted octanol–water partition coefficient (Wildman–Crippen LogP) is 3.50. The van der Waals surface area contributed by atoms with Crippen LogP contribution < -0.4 is 10.6 Å². The van der Waals surface area contributed by atoms with Gasteiger partial charge in [0.15, 0.2) is 0 Å². The minimum atomic E-state index is -0.493. The summed E-state index contributed by atoms with van der Waals surface area (Å²) in [6.07, 6.45) is 2.77. The van der Waals surface area contributed by atoms with Crippen molar-refractivity contribution in [2.24, 2.45) is 0 Å². The Kier molecular flexibility index (Phi) is 5.12. The van der Waals surface area contributed by atoms with Crippen LogP contribution in [0.5, 0.6) is 0 Å². The molecule has 0 bridgehead atoms. The normalized spacial score (nSPS) is 10.7. The summed E-state index contributed by atoms with van der Waals surface area (Å²) in [6, 6.07) is 12.4. The Balaban J connectivity index is 2.05. The molecule has 0 saturated heterocycles. The van der Waals surface area contributed by atoms with E-state index in [1.807, 2.05) is 25.1 Å². The van der Waals surface area contributed by atoms with Gasteiger partial charge in [0.1, 0.15) is 17.5 Å². The lowest BCUT2D eigenvalue weighted by atomic mass is 10.2. The third kappa shape index (κ3) is 4.33. The Morgan fingerprint density at radius 3 is 2.59 bits per heavy atom. The molecule has 1 aromatic carbocycles. The fourth-order valence-electron chi connectivity index (χ4n) is 1.59. The number of anilines is 2. The van der Waals surface area contributed by atoms with Crippen molar-refractivity contribution in [3.63, 3.8) is 0 Å². The third-order valence-corrected chi connectivity index (χ3v) is 2.99. The lowest BCUT2D eigenvalue weighted by Gasteiger charge is -2.05. The van der Waals surface area contributed by atoms with Crippen LogP contribution in [0.15, 0.2) is 54.4 Å². The molecule has 1 aromatic heterocycles. The number of halogens is 1. The first-order valence-electron chi connectivity index (χ1n) is 6.45. The van der Waals surface area contributed by atoms with Crippen LogP contribution in [-0.4, -0.2) is 10.9 Å². The van der Waals surface area contributed by atoms with Crippen LogP contribution >= 0.6 is 11.6 Å². The highest BCUT2D eigenvalue weighted by molar-refractivity contribution is 6.30. The number of benzene rings is 1. The van der Waals surface area contributed by atoms with Crippen LogP contribution in [0.1, 0.15) is 5.56 Å². The summed E-state index contributed by atoms with van der Waals surface area (Å²) in [7, 11) is 0. The van der Waals surface area contributed by atoms with Crippen LogP contribution in [0.25, 0.3) is 0 Å². The van der Waals surface area contributed by atoms with Crippen molar-refractivity contribution < 1.29 is 4.79 Å². The second-order valence-corrected chi connectivity index (χ2v) is 4.93. The van der Waals surface area contributed by atoms with E-state index in [1.54, 1.807) is 24.3 Å². The summed E-state index contributed by atoms with van der Waals surface area (Å²) < 4.78 is 0. The number of carbonyl (C=O) groups excluding carboxylic acids is 1. The van der Waals surface area contributed by atoms with Crippen molar-refractivity contribution in [3.05, 3.63) is 65.0 Å². The summed E-state index contributed by atoms with van der Waals surface area (Å²) in [6.45, 7) is 1.95. The second kappa shape index (κ2) is 7.25. The van der Waals surface area contributed by atoms with Crippen molar-refractivity contribution in [2.45, 2.75) is 6.92 Å². The molecule has 22 heavy (non-hydrogen) atoms. The van der Waals surface area contributed by atoms with Crippen molar-refractivity contribution in [2.75, 3.05) is 10.6 Å². The van der Waals surface area contributed by atoms with E-state index in [2.05, 4.69) is 15.6 Å². The van der Waals surface area contributed by atoms with Gasteiger partial charge in [-0.25, -0.2) is 4.98 Å². The van der Waals surface area contributed by atoms with Gasteiger partial charge in [0.25, 0.3) is 5.91 Å². The average molecular weight is 313 g/mol. The van der Waals surface area contributed by atoms with Gasteiger partial charge in [-0.15, -0.1) is 0 Å². The fourth-order valence-corrected chi connectivity index (χ4v) is 1.70. The number of nitrogens with zero attached hydrogens (tertiary/aromatic N) is 2. The zero-order valence-electron chi connectivity index (χ0n) is 11.8. The van der Waals surface area contributed by atoms with Gasteiger partial charge in [0, 0.05) is 18.1 Å². The topological polar surface area (TPSA) is 77.8 Å². The maximum absolute atomic E-state index is 12.0. The lowest BCUT2D eigenvalue weighted by Crippen LogP contribution is -2.14. The molecule has 2 rings (SSSR count). The summed E-state index contributed by atoms with van der Waals surface area (Å²) in [5.41, 5.74) is 1.66. The maximum atomic E-state index is 12.0. The van der Waals surface area contributed by atoms with Gasteiger partial charge in [-0.1, -0.05) is 29.3 Å². The molecule has 0 fully saturated rings. The zero-order valence-corrected chi connectivity index (χ0v) is 12.6. The summed E-state index contributed by atoms with van der Waals surface area (Å²) >= 11 is 5.73. The molecule has 0 radical (unpaired) electrons. The molecule has 0 atom stereocenters. The van der Waals surface area contributed by atoms with Gasteiger partial charge < -0.3 is 10.6 Å². The van der Waals surface area contributed by atoms with Crippen LogP contribution in [-0.2, 0) is 4.79 Å². The first-order chi connectivity index (χ1) is 10.6. The Hall–Kier alpha value is -2.84. The number of nitriles is 1. The number of hydrogen-bond donors (Lipinski definition) is 2. The van der Waals surface area contributed by atoms with Gasteiger partial charge in [0.05, 0.1) is 5.02 Å². The Morgan fingerprint density at radius 2 is 2.00 bits per heavy atom. The maximum Gasteiger partial charge on any atom is 0.267 e. The second-order valence-electron chi connectivity index (χ2n) is 4.50. The highest BCUT2D eigenvalue weighted by atomic mass is 35.5. The third-order valence-electron chi connectivity index (χ3n) is 2.77. The number of amides is 1. The lowest BCUT2D eigenvalue weighted by molar-refractivity contribution is -0.112. The van der Waals surface area contributed by atoms with Crippen molar-refractivity contribution in [3.8, 4) is 6.07 Å². The molecular weight excluding hydrogens is 300 g/mol. The minimum absolute atomic E-state index is 0.0580. The molecule has 1 amide bonds. The molecule has 0 aliphatic rings. The Bertz CT molecular complexity index is 730. The molecule has 0 unspecified atom stereocenters. The van der Waals surface area contributed by atoms with E-state index in [-0.39, 0.29) is 5.57 Å². The minimum Gasteiger partial charge on any atom is -0.345 e. The van der Waals surface area contributed by atoms with Gasteiger partial charge in [0.2, 0.25) is 0 Å². The first-order valence-corrected chi connectivity index (χ1v) is 6.82. The van der Waals surface area contributed by atoms with Gasteiger partial charge in [-0.05, 0) is 31.2 Å². The van der Waals surface area contributed by atoms with Crippen molar-refractivity contribution in [1.29, 1.82) is 5.26 Å². The quantitative estimate of drug-likeness (QED) is 0.669. The van der Waals surface area contributed by atoms with Gasteiger partial charge in [-0.3, -0.25) is 4.79 Å². The average Bonchev–Trinajstić information content (AvgIpc) is 2.52. The number of rotatable bonds is 4. The van der Waals surface area contributed by atoms with E-state index < -0.39 is 5.91 Å². The van der Waals surface area contributed by atoms with Gasteiger partial charge >= 0.3 is 0 Å². The Morgan fingerprint density at radius 1 is 1.27 bits per heavy atom.